The number of carbonyl (C=O) groups is 1. The summed E-state index contributed by atoms with van der Waals surface area (Å²) in [5.41, 5.74) is 0.619. The Morgan fingerprint density at radius 2 is 1.90 bits per heavy atom. The molecule has 1 amide bonds. The molecule has 0 aromatic heterocycles. The molecule has 0 atom stereocenters. The summed E-state index contributed by atoms with van der Waals surface area (Å²) < 4.78 is 5.40. The Kier molecular flexibility index (Phi) is 5.01. The number of benzene rings is 1. The molecular weight excluding hydrogens is 252 g/mol. The minimum Gasteiger partial charge on any atom is -0.494 e. The van der Waals surface area contributed by atoms with Crippen molar-refractivity contribution < 1.29 is 9.53 Å². The zero-order valence-corrected chi connectivity index (χ0v) is 12.4. The number of piperidine rings is 1. The van der Waals surface area contributed by atoms with Gasteiger partial charge in [-0.15, -0.1) is 0 Å². The van der Waals surface area contributed by atoms with Crippen LogP contribution >= 0.6 is 0 Å². The number of amides is 1. The Hall–Kier alpha value is -1.55. The molecule has 1 saturated heterocycles. The zero-order chi connectivity index (χ0) is 14.4. The third kappa shape index (κ3) is 3.31. The normalized spacial score (nSPS) is 17.5. The van der Waals surface area contributed by atoms with E-state index in [0.717, 1.165) is 43.8 Å². The molecule has 1 aromatic rings. The summed E-state index contributed by atoms with van der Waals surface area (Å²) in [6.45, 7) is 6.55. The Morgan fingerprint density at radius 3 is 2.45 bits per heavy atom. The first kappa shape index (κ1) is 14.9. The number of hydrogen-bond acceptors (Lipinski definition) is 3. The molecule has 2 rings (SSSR count). The van der Waals surface area contributed by atoms with Crippen molar-refractivity contribution in [2.75, 3.05) is 25.0 Å². The van der Waals surface area contributed by atoms with E-state index in [0.29, 0.717) is 6.61 Å². The molecule has 4 nitrogen and oxygen atoms in total. The largest absolute Gasteiger partial charge is 0.494 e. The van der Waals surface area contributed by atoms with Gasteiger partial charge >= 0.3 is 0 Å². The fourth-order valence-corrected chi connectivity index (χ4v) is 2.71. The van der Waals surface area contributed by atoms with E-state index < -0.39 is 0 Å². The van der Waals surface area contributed by atoms with Gasteiger partial charge in [0, 0.05) is 5.69 Å². The first-order valence-electron chi connectivity index (χ1n) is 7.45. The molecule has 0 spiro atoms. The predicted octanol–water partition coefficient (Wildman–Crippen LogP) is 2.80. The summed E-state index contributed by atoms with van der Waals surface area (Å²) in [6.07, 6.45) is 2.70. The Balaban J connectivity index is 2.02. The van der Waals surface area contributed by atoms with Gasteiger partial charge in [-0.3, -0.25) is 4.79 Å². The third-order valence-corrected chi connectivity index (χ3v) is 4.14. The van der Waals surface area contributed by atoms with Crippen molar-refractivity contribution in [1.82, 2.24) is 5.32 Å². The summed E-state index contributed by atoms with van der Waals surface area (Å²) in [5, 5.41) is 6.37. The fourth-order valence-electron chi connectivity index (χ4n) is 2.71. The van der Waals surface area contributed by atoms with Crippen LogP contribution in [0.2, 0.25) is 0 Å². The van der Waals surface area contributed by atoms with Crippen LogP contribution in [0, 0.1) is 5.41 Å². The SMILES string of the molecule is CCOc1ccc(NC(=O)C2(CC)CCNCC2)cc1. The summed E-state index contributed by atoms with van der Waals surface area (Å²) >= 11 is 0. The standard InChI is InChI=1S/C16H24N2O2/c1-3-16(9-11-17-12-10-16)15(19)18-13-5-7-14(8-6-13)20-4-2/h5-8,17H,3-4,9-12H2,1-2H3,(H,18,19). The van der Waals surface area contributed by atoms with Gasteiger partial charge in [0.25, 0.3) is 0 Å². The molecule has 110 valence electrons. The molecule has 1 fully saturated rings. The van der Waals surface area contributed by atoms with Crippen molar-refractivity contribution >= 4 is 11.6 Å². The van der Waals surface area contributed by atoms with Gasteiger partial charge in [-0.1, -0.05) is 6.92 Å². The van der Waals surface area contributed by atoms with E-state index in [1.165, 1.54) is 0 Å². The van der Waals surface area contributed by atoms with E-state index in [9.17, 15) is 4.79 Å². The highest BCUT2D eigenvalue weighted by molar-refractivity contribution is 5.95. The van der Waals surface area contributed by atoms with Crippen LogP contribution < -0.4 is 15.4 Å². The lowest BCUT2D eigenvalue weighted by atomic mass is 9.76. The average molecular weight is 276 g/mol. The molecule has 1 aliphatic rings. The summed E-state index contributed by atoms with van der Waals surface area (Å²) in [4.78, 5) is 12.6. The molecule has 0 saturated carbocycles. The van der Waals surface area contributed by atoms with Crippen LogP contribution in [0.15, 0.2) is 24.3 Å². The van der Waals surface area contributed by atoms with Crippen LogP contribution in [-0.2, 0) is 4.79 Å². The van der Waals surface area contributed by atoms with Crippen LogP contribution in [-0.4, -0.2) is 25.6 Å². The van der Waals surface area contributed by atoms with Crippen LogP contribution in [0.3, 0.4) is 0 Å². The van der Waals surface area contributed by atoms with Gasteiger partial charge in [-0.2, -0.15) is 0 Å². The molecule has 1 heterocycles. The highest BCUT2D eigenvalue weighted by Crippen LogP contribution is 2.34. The monoisotopic (exact) mass is 276 g/mol. The smallest absolute Gasteiger partial charge is 0.230 e. The van der Waals surface area contributed by atoms with E-state index in [1.54, 1.807) is 0 Å². The van der Waals surface area contributed by atoms with Gasteiger partial charge < -0.3 is 15.4 Å². The van der Waals surface area contributed by atoms with Crippen LogP contribution in [0.5, 0.6) is 5.75 Å². The summed E-state index contributed by atoms with van der Waals surface area (Å²) in [6, 6.07) is 7.57. The predicted molar refractivity (Wildman–Crippen MR) is 81.1 cm³/mol. The first-order chi connectivity index (χ1) is 9.70. The molecule has 1 aromatic carbocycles. The number of hydrogen-bond donors (Lipinski definition) is 2. The lowest BCUT2D eigenvalue weighted by molar-refractivity contribution is -0.127. The maximum Gasteiger partial charge on any atom is 0.230 e. The minimum absolute atomic E-state index is 0.144. The van der Waals surface area contributed by atoms with Crippen LogP contribution in [0.25, 0.3) is 0 Å². The third-order valence-electron chi connectivity index (χ3n) is 4.14. The van der Waals surface area contributed by atoms with Gasteiger partial charge in [0.05, 0.1) is 12.0 Å². The Labute approximate surface area is 120 Å². The first-order valence-corrected chi connectivity index (χ1v) is 7.45. The number of ether oxygens (including phenoxy) is 1. The van der Waals surface area contributed by atoms with Crippen LogP contribution in [0.4, 0.5) is 5.69 Å². The molecule has 0 radical (unpaired) electrons. The van der Waals surface area contributed by atoms with E-state index >= 15 is 0 Å². The molecule has 2 N–H and O–H groups in total. The number of anilines is 1. The van der Waals surface area contributed by atoms with E-state index in [2.05, 4.69) is 17.6 Å². The van der Waals surface area contributed by atoms with Crippen molar-refractivity contribution in [2.45, 2.75) is 33.1 Å². The lowest BCUT2D eigenvalue weighted by Crippen LogP contribution is -2.44. The van der Waals surface area contributed by atoms with Gasteiger partial charge in [-0.05, 0) is 63.5 Å². The molecule has 1 aliphatic heterocycles. The van der Waals surface area contributed by atoms with Gasteiger partial charge in [0.15, 0.2) is 0 Å². The van der Waals surface area contributed by atoms with Gasteiger partial charge in [-0.25, -0.2) is 0 Å². The fraction of sp³-hybridized carbons (Fsp3) is 0.562. The summed E-state index contributed by atoms with van der Waals surface area (Å²) in [5.74, 6) is 0.975. The number of nitrogens with one attached hydrogen (secondary N) is 2. The second-order valence-electron chi connectivity index (χ2n) is 5.30. The minimum atomic E-state index is -0.218. The quantitative estimate of drug-likeness (QED) is 0.869. The molecule has 4 heteroatoms. The van der Waals surface area contributed by atoms with Gasteiger partial charge in [0.2, 0.25) is 5.91 Å². The van der Waals surface area contributed by atoms with Crippen molar-refractivity contribution in [1.29, 1.82) is 0 Å². The maximum absolute atomic E-state index is 12.6. The zero-order valence-electron chi connectivity index (χ0n) is 12.4. The van der Waals surface area contributed by atoms with E-state index in [4.69, 9.17) is 4.74 Å². The van der Waals surface area contributed by atoms with Crippen molar-refractivity contribution in [3.63, 3.8) is 0 Å². The molecule has 0 unspecified atom stereocenters. The number of carbonyl (C=O) groups excluding carboxylic acids is 1. The Bertz CT molecular complexity index is 436. The Morgan fingerprint density at radius 1 is 1.25 bits per heavy atom. The molecule has 20 heavy (non-hydrogen) atoms. The highest BCUT2D eigenvalue weighted by Gasteiger charge is 2.37. The van der Waals surface area contributed by atoms with Crippen molar-refractivity contribution in [2.24, 2.45) is 5.41 Å². The van der Waals surface area contributed by atoms with E-state index in [-0.39, 0.29) is 11.3 Å². The summed E-state index contributed by atoms with van der Waals surface area (Å²) in [7, 11) is 0. The second kappa shape index (κ2) is 6.75. The second-order valence-corrected chi connectivity index (χ2v) is 5.30. The lowest BCUT2D eigenvalue weighted by Gasteiger charge is -2.35. The van der Waals surface area contributed by atoms with E-state index in [1.807, 2.05) is 31.2 Å². The van der Waals surface area contributed by atoms with Crippen molar-refractivity contribution in [3.05, 3.63) is 24.3 Å². The highest BCUT2D eigenvalue weighted by atomic mass is 16.5. The average Bonchev–Trinajstić information content (AvgIpc) is 2.50. The topological polar surface area (TPSA) is 50.4 Å². The van der Waals surface area contributed by atoms with Crippen LogP contribution in [0.1, 0.15) is 33.1 Å². The molecular formula is C16H24N2O2. The van der Waals surface area contributed by atoms with Crippen molar-refractivity contribution in [3.8, 4) is 5.75 Å². The van der Waals surface area contributed by atoms with Gasteiger partial charge in [0.1, 0.15) is 5.75 Å². The molecule has 0 aliphatic carbocycles. The number of rotatable bonds is 5. The molecule has 0 bridgehead atoms. The maximum atomic E-state index is 12.6.